The van der Waals surface area contributed by atoms with E-state index in [0.29, 0.717) is 23.8 Å². The molecule has 0 spiro atoms. The van der Waals surface area contributed by atoms with E-state index < -0.39 is 11.4 Å². The molecule has 2 aliphatic rings. The minimum Gasteiger partial charge on any atom is -0.481 e. The number of carbonyl (C=O) groups excluding carboxylic acids is 1. The molecule has 1 saturated heterocycles. The second-order valence-corrected chi connectivity index (χ2v) is 7.09. The Hall–Kier alpha value is -1.30. The molecule has 1 heterocycles. The van der Waals surface area contributed by atoms with E-state index in [-0.39, 0.29) is 30.3 Å². The average Bonchev–Trinajstić information content (AvgIpc) is 3.06. The van der Waals surface area contributed by atoms with Crippen LogP contribution in [-0.4, -0.2) is 41.0 Å². The summed E-state index contributed by atoms with van der Waals surface area (Å²) in [5.74, 6) is -0.675. The molecule has 7 heteroatoms. The molecule has 132 valence electrons. The fourth-order valence-electron chi connectivity index (χ4n) is 3.92. The highest BCUT2D eigenvalue weighted by atomic mass is 35.5. The minimum atomic E-state index is -0.715. The van der Waals surface area contributed by atoms with Crippen molar-refractivity contribution in [3.8, 4) is 0 Å². The second-order valence-electron chi connectivity index (χ2n) is 6.65. The van der Waals surface area contributed by atoms with Gasteiger partial charge in [-0.1, -0.05) is 18.0 Å². The van der Waals surface area contributed by atoms with Crippen LogP contribution < -0.4 is 5.32 Å². The molecule has 1 amide bonds. The predicted molar refractivity (Wildman–Crippen MR) is 95.8 cm³/mol. The quantitative estimate of drug-likeness (QED) is 0.850. The zero-order valence-corrected chi connectivity index (χ0v) is 15.1. The van der Waals surface area contributed by atoms with E-state index in [9.17, 15) is 14.7 Å². The molecule has 2 fully saturated rings. The molecule has 1 aromatic carbocycles. The predicted octanol–water partition coefficient (Wildman–Crippen LogP) is 3.28. The van der Waals surface area contributed by atoms with Crippen LogP contribution in [0.2, 0.25) is 5.02 Å². The van der Waals surface area contributed by atoms with Crippen molar-refractivity contribution in [1.82, 2.24) is 4.90 Å². The first-order valence-electron chi connectivity index (χ1n) is 7.96. The van der Waals surface area contributed by atoms with Crippen LogP contribution in [0.25, 0.3) is 0 Å². The highest BCUT2D eigenvalue weighted by molar-refractivity contribution is 6.30. The van der Waals surface area contributed by atoms with Gasteiger partial charge in [0.15, 0.2) is 0 Å². The molecule has 5 nitrogen and oxygen atoms in total. The number of fused-ring (bicyclic) bond motifs is 1. The topological polar surface area (TPSA) is 69.6 Å². The fourth-order valence-corrected chi connectivity index (χ4v) is 4.04. The van der Waals surface area contributed by atoms with Crippen LogP contribution in [0.15, 0.2) is 24.3 Å². The molecular formula is C17H22Cl2N2O3. The Morgan fingerprint density at radius 1 is 1.38 bits per heavy atom. The number of nitrogens with one attached hydrogen (secondary N) is 1. The van der Waals surface area contributed by atoms with E-state index in [0.717, 1.165) is 19.3 Å². The number of rotatable bonds is 4. The lowest BCUT2D eigenvalue weighted by molar-refractivity contribution is -0.149. The number of likely N-dealkylation sites (tertiary alicyclic amines) is 1. The number of carbonyl (C=O) groups is 2. The van der Waals surface area contributed by atoms with Gasteiger partial charge in [-0.2, -0.15) is 0 Å². The molecule has 0 bridgehead atoms. The lowest BCUT2D eigenvalue weighted by atomic mass is 9.81. The summed E-state index contributed by atoms with van der Waals surface area (Å²) in [6.07, 6.45) is 2.62. The number of carboxylic acids is 1. The molecule has 2 N–H and O–H groups in total. The van der Waals surface area contributed by atoms with Gasteiger partial charge >= 0.3 is 5.97 Å². The summed E-state index contributed by atoms with van der Waals surface area (Å²) >= 11 is 5.84. The van der Waals surface area contributed by atoms with Gasteiger partial charge in [0.1, 0.15) is 0 Å². The number of amides is 1. The van der Waals surface area contributed by atoms with Crippen LogP contribution in [0.1, 0.15) is 26.2 Å². The maximum atomic E-state index is 12.4. The first-order valence-corrected chi connectivity index (χ1v) is 8.34. The van der Waals surface area contributed by atoms with Gasteiger partial charge in [-0.3, -0.25) is 14.5 Å². The van der Waals surface area contributed by atoms with Gasteiger partial charge in [-0.15, -0.1) is 12.4 Å². The number of carboxylic acid groups (broad SMARTS) is 1. The molecule has 1 unspecified atom stereocenters. The van der Waals surface area contributed by atoms with Gasteiger partial charge in [0.05, 0.1) is 11.5 Å². The van der Waals surface area contributed by atoms with Gasteiger partial charge in [-0.25, -0.2) is 0 Å². The second kappa shape index (κ2) is 7.30. The molecule has 24 heavy (non-hydrogen) atoms. The van der Waals surface area contributed by atoms with Crippen molar-refractivity contribution in [2.24, 2.45) is 11.3 Å². The Kier molecular flexibility index (Phi) is 5.78. The summed E-state index contributed by atoms with van der Waals surface area (Å²) in [7, 11) is 0. The standard InChI is InChI=1S/C17H21ClN2O3.ClH/c1-11(15(21)19-14-6-4-13(18)5-7-14)20-9-12-3-2-8-17(12,10-20)16(22)23;/h4-7,11-12H,2-3,8-10H2,1H3,(H,19,21)(H,22,23);1H/t11?,12-,17+;/m0./s1. The van der Waals surface area contributed by atoms with Gasteiger partial charge in [0, 0.05) is 23.8 Å². The number of hydrogen-bond acceptors (Lipinski definition) is 3. The number of anilines is 1. The third-order valence-electron chi connectivity index (χ3n) is 5.36. The van der Waals surface area contributed by atoms with Crippen molar-refractivity contribution in [3.05, 3.63) is 29.3 Å². The summed E-state index contributed by atoms with van der Waals surface area (Å²) in [5.41, 5.74) is 0.0352. The SMILES string of the molecule is CC(C(=O)Nc1ccc(Cl)cc1)N1C[C@@H]2CCC[C@@]2(C(=O)O)C1.Cl. The van der Waals surface area contributed by atoms with Crippen LogP contribution in [0, 0.1) is 11.3 Å². The first-order chi connectivity index (χ1) is 10.9. The molecule has 1 aliphatic carbocycles. The van der Waals surface area contributed by atoms with Crippen molar-refractivity contribution >= 4 is 41.6 Å². The molecule has 0 aromatic heterocycles. The maximum absolute atomic E-state index is 12.4. The molecule has 1 saturated carbocycles. The monoisotopic (exact) mass is 372 g/mol. The smallest absolute Gasteiger partial charge is 0.311 e. The first kappa shape index (κ1) is 19.0. The number of benzene rings is 1. The van der Waals surface area contributed by atoms with E-state index in [4.69, 9.17) is 11.6 Å². The summed E-state index contributed by atoms with van der Waals surface area (Å²) < 4.78 is 0. The van der Waals surface area contributed by atoms with Gasteiger partial charge < -0.3 is 10.4 Å². The molecule has 1 aromatic rings. The summed E-state index contributed by atoms with van der Waals surface area (Å²) in [4.78, 5) is 26.2. The fraction of sp³-hybridized carbons (Fsp3) is 0.529. The van der Waals surface area contributed by atoms with Crippen molar-refractivity contribution in [2.45, 2.75) is 32.2 Å². The summed E-state index contributed by atoms with van der Waals surface area (Å²) in [6, 6.07) is 6.60. The molecule has 3 atom stereocenters. The maximum Gasteiger partial charge on any atom is 0.311 e. The van der Waals surface area contributed by atoms with Crippen LogP contribution in [-0.2, 0) is 9.59 Å². The van der Waals surface area contributed by atoms with Crippen molar-refractivity contribution in [1.29, 1.82) is 0 Å². The van der Waals surface area contributed by atoms with Crippen LogP contribution >= 0.6 is 24.0 Å². The minimum absolute atomic E-state index is 0. The zero-order chi connectivity index (χ0) is 16.6. The Morgan fingerprint density at radius 2 is 2.04 bits per heavy atom. The number of halogens is 2. The van der Waals surface area contributed by atoms with Crippen molar-refractivity contribution in [2.75, 3.05) is 18.4 Å². The normalized spacial score (nSPS) is 27.2. The van der Waals surface area contributed by atoms with Gasteiger partial charge in [0.2, 0.25) is 5.91 Å². The third kappa shape index (κ3) is 3.39. The number of aliphatic carboxylic acids is 1. The van der Waals surface area contributed by atoms with E-state index in [1.54, 1.807) is 24.3 Å². The van der Waals surface area contributed by atoms with E-state index in [1.165, 1.54) is 0 Å². The van der Waals surface area contributed by atoms with E-state index in [2.05, 4.69) is 5.32 Å². The van der Waals surface area contributed by atoms with Crippen LogP contribution in [0.4, 0.5) is 5.69 Å². The highest BCUT2D eigenvalue weighted by Gasteiger charge is 2.55. The van der Waals surface area contributed by atoms with Crippen LogP contribution in [0.5, 0.6) is 0 Å². The van der Waals surface area contributed by atoms with E-state index in [1.807, 2.05) is 11.8 Å². The van der Waals surface area contributed by atoms with Crippen molar-refractivity contribution < 1.29 is 14.7 Å². The number of nitrogens with zero attached hydrogens (tertiary/aromatic N) is 1. The lowest BCUT2D eigenvalue weighted by Gasteiger charge is -2.26. The largest absolute Gasteiger partial charge is 0.481 e. The third-order valence-corrected chi connectivity index (χ3v) is 5.61. The Morgan fingerprint density at radius 3 is 2.62 bits per heavy atom. The van der Waals surface area contributed by atoms with Crippen molar-refractivity contribution in [3.63, 3.8) is 0 Å². The summed E-state index contributed by atoms with van der Waals surface area (Å²) in [6.45, 7) is 2.98. The van der Waals surface area contributed by atoms with E-state index >= 15 is 0 Å². The van der Waals surface area contributed by atoms with Crippen LogP contribution in [0.3, 0.4) is 0 Å². The number of hydrogen-bond donors (Lipinski definition) is 2. The average molecular weight is 373 g/mol. The molecule has 1 aliphatic heterocycles. The van der Waals surface area contributed by atoms with Gasteiger partial charge in [0.25, 0.3) is 0 Å². The molecule has 3 rings (SSSR count). The Balaban J connectivity index is 0.00000208. The molecular weight excluding hydrogens is 351 g/mol. The summed E-state index contributed by atoms with van der Waals surface area (Å²) in [5, 5.41) is 13.1. The Labute approximate surface area is 152 Å². The highest BCUT2D eigenvalue weighted by Crippen LogP contribution is 2.49. The Bertz CT molecular complexity index is 623. The molecule has 0 radical (unpaired) electrons. The zero-order valence-electron chi connectivity index (χ0n) is 13.5. The van der Waals surface area contributed by atoms with Gasteiger partial charge in [-0.05, 0) is 49.9 Å². The lowest BCUT2D eigenvalue weighted by Crippen LogP contribution is -2.43.